The molecule has 0 aliphatic rings. The third-order valence-corrected chi connectivity index (χ3v) is 10.3. The predicted octanol–water partition coefficient (Wildman–Crippen LogP) is 5.70. The Kier molecular flexibility index (Phi) is 15.4. The van der Waals surface area contributed by atoms with Gasteiger partial charge in [-0.25, -0.2) is 8.42 Å². The summed E-state index contributed by atoms with van der Waals surface area (Å²) in [4.78, 5) is 65.5. The second kappa shape index (κ2) is 19.1. The van der Waals surface area contributed by atoms with E-state index in [0.29, 0.717) is 11.1 Å². The van der Waals surface area contributed by atoms with Gasteiger partial charge >= 0.3 is 6.18 Å². The number of sulfone groups is 1. The van der Waals surface area contributed by atoms with Gasteiger partial charge in [-0.15, -0.1) is 0 Å². The fourth-order valence-electron chi connectivity index (χ4n) is 5.82. The first-order valence-electron chi connectivity index (χ1n) is 17.5. The topological polar surface area (TPSA) is 164 Å². The van der Waals surface area contributed by atoms with Crippen LogP contribution in [0.2, 0.25) is 0 Å². The minimum absolute atomic E-state index is 0.0408. The average Bonchev–Trinajstić information content (AvgIpc) is 3.11. The van der Waals surface area contributed by atoms with Crippen LogP contribution < -0.4 is 10.6 Å². The number of carbonyl (C=O) groups is 5. The van der Waals surface area contributed by atoms with Crippen LogP contribution >= 0.6 is 0 Å². The van der Waals surface area contributed by atoms with Crippen LogP contribution in [0.15, 0.2) is 83.8 Å². The third-order valence-electron chi connectivity index (χ3n) is 9.16. The SMILES string of the molecule is CC(=O)CCC(NC(=O)[C@H](C)CC(=O)[C@H](Cc1ccccc1)NC(=O)[C@@H](CC(=O)c1ccc(-c2ccc(S(C)(=O)=O)cc2)cc1)C(C)C)C(O)C(F)(F)F. The van der Waals surface area contributed by atoms with Crippen molar-refractivity contribution in [3.63, 3.8) is 0 Å². The lowest BCUT2D eigenvalue weighted by molar-refractivity contribution is -0.213. The highest BCUT2D eigenvalue weighted by Gasteiger charge is 2.44. The van der Waals surface area contributed by atoms with Gasteiger partial charge in [-0.1, -0.05) is 87.5 Å². The quantitative estimate of drug-likeness (QED) is 0.131. The Morgan fingerprint density at radius 2 is 1.33 bits per heavy atom. The maximum atomic E-state index is 13.8. The van der Waals surface area contributed by atoms with E-state index < -0.39 is 82.3 Å². The van der Waals surface area contributed by atoms with E-state index in [-0.39, 0.29) is 35.9 Å². The first kappa shape index (κ1) is 43.7. The average molecular weight is 773 g/mol. The van der Waals surface area contributed by atoms with Crippen LogP contribution in [0.1, 0.15) is 69.3 Å². The summed E-state index contributed by atoms with van der Waals surface area (Å²) in [6, 6.07) is 18.8. The zero-order chi connectivity index (χ0) is 40.4. The van der Waals surface area contributed by atoms with E-state index in [4.69, 9.17) is 0 Å². The number of aliphatic hydroxyl groups is 1. The summed E-state index contributed by atoms with van der Waals surface area (Å²) in [5, 5.41) is 14.7. The molecule has 3 aromatic rings. The molecule has 2 unspecified atom stereocenters. The molecule has 3 aromatic carbocycles. The molecule has 3 rings (SSSR count). The predicted molar refractivity (Wildman–Crippen MR) is 197 cm³/mol. The number of hydrogen-bond acceptors (Lipinski definition) is 8. The second-order valence-corrected chi connectivity index (χ2v) is 16.0. The number of rotatable bonds is 19. The van der Waals surface area contributed by atoms with Crippen LogP contribution in [-0.4, -0.2) is 73.3 Å². The van der Waals surface area contributed by atoms with Crippen LogP contribution in [0, 0.1) is 17.8 Å². The molecular formula is C40H47F3N2O8S. The molecular weight excluding hydrogens is 726 g/mol. The molecule has 5 atom stereocenters. The lowest BCUT2D eigenvalue weighted by Gasteiger charge is -2.27. The summed E-state index contributed by atoms with van der Waals surface area (Å²) in [5.74, 6) is -5.15. The smallest absolute Gasteiger partial charge is 0.382 e. The Morgan fingerprint density at radius 3 is 1.83 bits per heavy atom. The minimum atomic E-state index is -5.06. The highest BCUT2D eigenvalue weighted by Crippen LogP contribution is 2.26. The Morgan fingerprint density at radius 1 is 0.778 bits per heavy atom. The maximum Gasteiger partial charge on any atom is 0.416 e. The molecule has 0 aromatic heterocycles. The number of benzene rings is 3. The first-order chi connectivity index (χ1) is 25.2. The first-order valence-corrected chi connectivity index (χ1v) is 19.4. The number of Topliss-reactive ketones (excluding diaryl/α,β-unsaturated/α-hetero) is 3. The van der Waals surface area contributed by atoms with Crippen molar-refractivity contribution >= 4 is 39.0 Å². The van der Waals surface area contributed by atoms with Gasteiger partial charge in [-0.3, -0.25) is 19.2 Å². The zero-order valence-electron chi connectivity index (χ0n) is 30.9. The fourth-order valence-corrected chi connectivity index (χ4v) is 6.45. The Hall–Kier alpha value is -4.69. The number of alkyl halides is 3. The summed E-state index contributed by atoms with van der Waals surface area (Å²) in [6.07, 6.45) is -8.25. The highest BCUT2D eigenvalue weighted by atomic mass is 32.2. The van der Waals surface area contributed by atoms with E-state index in [0.717, 1.165) is 17.4 Å². The maximum absolute atomic E-state index is 13.8. The van der Waals surface area contributed by atoms with Crippen molar-refractivity contribution in [1.29, 1.82) is 0 Å². The van der Waals surface area contributed by atoms with Gasteiger partial charge in [0.15, 0.2) is 27.5 Å². The lowest BCUT2D eigenvalue weighted by atomic mass is 9.87. The summed E-state index contributed by atoms with van der Waals surface area (Å²) >= 11 is 0. The molecule has 0 fully saturated rings. The van der Waals surface area contributed by atoms with Crippen molar-refractivity contribution in [3.8, 4) is 11.1 Å². The number of halogens is 3. The number of ketones is 3. The number of carbonyl (C=O) groups excluding carboxylic acids is 5. The molecule has 0 heterocycles. The number of hydrogen-bond donors (Lipinski definition) is 3. The van der Waals surface area contributed by atoms with Crippen LogP contribution in [0.3, 0.4) is 0 Å². The monoisotopic (exact) mass is 772 g/mol. The van der Waals surface area contributed by atoms with E-state index in [2.05, 4.69) is 10.6 Å². The molecule has 0 saturated heterocycles. The van der Waals surface area contributed by atoms with Gasteiger partial charge in [0.25, 0.3) is 0 Å². The number of aliphatic hydroxyl groups excluding tert-OH is 1. The summed E-state index contributed by atoms with van der Waals surface area (Å²) < 4.78 is 63.6. The van der Waals surface area contributed by atoms with Gasteiger partial charge < -0.3 is 20.5 Å². The van der Waals surface area contributed by atoms with Crippen molar-refractivity contribution in [2.24, 2.45) is 17.8 Å². The Bertz CT molecular complexity index is 1880. The van der Waals surface area contributed by atoms with Gasteiger partial charge in [-0.2, -0.15) is 13.2 Å². The van der Waals surface area contributed by atoms with Crippen molar-refractivity contribution < 1.29 is 50.7 Å². The summed E-state index contributed by atoms with van der Waals surface area (Å²) in [7, 11) is -3.36. The molecule has 0 spiro atoms. The van der Waals surface area contributed by atoms with Crippen LogP contribution in [-0.2, 0) is 35.4 Å². The van der Waals surface area contributed by atoms with E-state index in [1.165, 1.54) is 26.0 Å². The van der Waals surface area contributed by atoms with Crippen molar-refractivity contribution in [1.82, 2.24) is 10.6 Å². The van der Waals surface area contributed by atoms with Gasteiger partial charge in [-0.05, 0) is 54.5 Å². The van der Waals surface area contributed by atoms with Crippen molar-refractivity contribution in [3.05, 3.63) is 90.0 Å². The van der Waals surface area contributed by atoms with Crippen molar-refractivity contribution in [2.45, 2.75) is 89.1 Å². The van der Waals surface area contributed by atoms with Gasteiger partial charge in [0, 0.05) is 42.9 Å². The van der Waals surface area contributed by atoms with Crippen LogP contribution in [0.25, 0.3) is 11.1 Å². The normalized spacial score (nSPS) is 14.7. The largest absolute Gasteiger partial charge is 0.416 e. The zero-order valence-corrected chi connectivity index (χ0v) is 31.7. The van der Waals surface area contributed by atoms with E-state index in [9.17, 15) is 50.7 Å². The van der Waals surface area contributed by atoms with Crippen molar-refractivity contribution in [2.75, 3.05) is 6.26 Å². The molecule has 0 bridgehead atoms. The standard InChI is InChI=1S/C40H47F3N2O8S/c1-24(2)32(23-35(47)30-14-12-28(13-15-30)29-16-18-31(19-17-29)54(5,52)53)39(51)45-34(22-27-9-7-6-8-10-27)36(48)21-25(3)38(50)44-33(20-11-26(4)46)37(49)40(41,42)43/h6-10,12-19,24-25,32-34,37,49H,11,20-23H2,1-5H3,(H,44,50)(H,45,51)/t25-,32+,33?,34+,37?/m1/s1. The van der Waals surface area contributed by atoms with Gasteiger partial charge in [0.05, 0.1) is 17.0 Å². The molecule has 0 saturated carbocycles. The molecule has 0 radical (unpaired) electrons. The molecule has 292 valence electrons. The van der Waals surface area contributed by atoms with E-state index in [1.807, 2.05) is 0 Å². The van der Waals surface area contributed by atoms with Crippen LogP contribution in [0.4, 0.5) is 13.2 Å². The third kappa shape index (κ3) is 13.0. The number of amides is 2. The molecule has 0 aliphatic heterocycles. The van der Waals surface area contributed by atoms with Crippen LogP contribution in [0.5, 0.6) is 0 Å². The minimum Gasteiger partial charge on any atom is -0.382 e. The molecule has 14 heteroatoms. The molecule has 10 nitrogen and oxygen atoms in total. The summed E-state index contributed by atoms with van der Waals surface area (Å²) in [5.41, 5.74) is 2.53. The molecule has 3 N–H and O–H groups in total. The number of nitrogens with one attached hydrogen (secondary N) is 2. The molecule has 2 amide bonds. The van der Waals surface area contributed by atoms with E-state index >= 15 is 0 Å². The van der Waals surface area contributed by atoms with Gasteiger partial charge in [0.1, 0.15) is 5.78 Å². The molecule has 0 aliphatic carbocycles. The highest BCUT2D eigenvalue weighted by molar-refractivity contribution is 7.90. The second-order valence-electron chi connectivity index (χ2n) is 14.0. The summed E-state index contributed by atoms with van der Waals surface area (Å²) in [6.45, 7) is 6.03. The molecule has 54 heavy (non-hydrogen) atoms. The lowest BCUT2D eigenvalue weighted by Crippen LogP contribution is -2.52. The van der Waals surface area contributed by atoms with E-state index in [1.54, 1.807) is 80.6 Å². The Balaban J connectivity index is 1.75. The fraction of sp³-hybridized carbons (Fsp3) is 0.425. The Labute approximate surface area is 313 Å². The van der Waals surface area contributed by atoms with Gasteiger partial charge in [0.2, 0.25) is 11.8 Å².